The Morgan fingerprint density at radius 2 is 1.82 bits per heavy atom. The zero-order valence-corrected chi connectivity index (χ0v) is 20.4. The summed E-state index contributed by atoms with van der Waals surface area (Å²) >= 11 is 0. The van der Waals surface area contributed by atoms with Gasteiger partial charge in [-0.25, -0.2) is 23.4 Å². The predicted molar refractivity (Wildman–Crippen MR) is 130 cm³/mol. The zero-order chi connectivity index (χ0) is 26.8. The molecular formula is C25H25F4N7O2. The van der Waals surface area contributed by atoms with Gasteiger partial charge in [0.05, 0.1) is 30.2 Å². The third-order valence-electron chi connectivity index (χ3n) is 6.38. The van der Waals surface area contributed by atoms with E-state index in [-0.39, 0.29) is 6.61 Å². The van der Waals surface area contributed by atoms with Gasteiger partial charge in [-0.15, -0.1) is 0 Å². The first-order valence-electron chi connectivity index (χ1n) is 11.9. The number of nitrogens with zero attached hydrogens (tertiary/aromatic N) is 7. The molecule has 0 bridgehead atoms. The monoisotopic (exact) mass is 531 g/mol. The number of alkyl halides is 2. The summed E-state index contributed by atoms with van der Waals surface area (Å²) in [6, 6.07) is 5.16. The molecule has 1 saturated heterocycles. The second-order valence-corrected chi connectivity index (χ2v) is 8.95. The number of hydrogen-bond acceptors (Lipinski definition) is 8. The third-order valence-corrected chi connectivity index (χ3v) is 6.38. The maximum atomic E-state index is 14.1. The lowest BCUT2D eigenvalue weighted by Gasteiger charge is -2.36. The standard InChI is InChI=1S/C25H25F4N7O2/c1-38-14-22(37)20-9-19-21(11-30-20)32-23(16-10-31-36(13-16)25(28)29)24(33-19)35-6-4-34(5-7-35)12-15-2-3-17(26)8-18(15)27/h2-3,8-11,13,22,25,37H,4-7,12,14H2,1H3. The lowest BCUT2D eigenvalue weighted by Crippen LogP contribution is -2.46. The van der Waals surface area contributed by atoms with Gasteiger partial charge in [0.1, 0.15) is 28.9 Å². The normalized spacial score (nSPS) is 15.5. The fourth-order valence-corrected chi connectivity index (χ4v) is 4.38. The van der Waals surface area contributed by atoms with Crippen molar-refractivity contribution in [1.29, 1.82) is 0 Å². The molecule has 1 unspecified atom stereocenters. The first-order valence-corrected chi connectivity index (χ1v) is 11.9. The number of halogens is 4. The molecule has 0 radical (unpaired) electrons. The first kappa shape index (κ1) is 25.9. The Bertz CT molecular complexity index is 1430. The number of benzene rings is 1. The van der Waals surface area contributed by atoms with Crippen LogP contribution in [0.25, 0.3) is 22.3 Å². The molecule has 13 heteroatoms. The molecule has 4 aromatic rings. The number of methoxy groups -OCH3 is 1. The van der Waals surface area contributed by atoms with E-state index in [1.54, 1.807) is 6.07 Å². The minimum Gasteiger partial charge on any atom is -0.384 e. The Kier molecular flexibility index (Phi) is 7.49. The van der Waals surface area contributed by atoms with Gasteiger partial charge in [0, 0.05) is 63.2 Å². The van der Waals surface area contributed by atoms with Crippen LogP contribution in [-0.4, -0.2) is 74.6 Å². The Balaban J connectivity index is 1.45. The maximum absolute atomic E-state index is 14.1. The molecule has 0 spiro atoms. The number of piperazine rings is 1. The molecule has 0 amide bonds. The van der Waals surface area contributed by atoms with E-state index in [2.05, 4.69) is 15.1 Å². The molecule has 3 aromatic heterocycles. The highest BCUT2D eigenvalue weighted by molar-refractivity contribution is 5.83. The van der Waals surface area contributed by atoms with Crippen LogP contribution in [0.3, 0.4) is 0 Å². The van der Waals surface area contributed by atoms with Crippen molar-refractivity contribution in [2.75, 3.05) is 44.8 Å². The fraction of sp³-hybridized carbons (Fsp3) is 0.360. The molecule has 1 aromatic carbocycles. The number of anilines is 1. The average Bonchev–Trinajstić information content (AvgIpc) is 3.41. The van der Waals surface area contributed by atoms with Crippen LogP contribution < -0.4 is 4.90 Å². The minimum atomic E-state index is -2.80. The highest BCUT2D eigenvalue weighted by atomic mass is 19.3. The summed E-state index contributed by atoms with van der Waals surface area (Å²) in [5.74, 6) is -0.745. The summed E-state index contributed by atoms with van der Waals surface area (Å²) in [5.41, 5.74) is 2.40. The van der Waals surface area contributed by atoms with Gasteiger partial charge in [-0.1, -0.05) is 6.07 Å². The molecular weight excluding hydrogens is 506 g/mol. The van der Waals surface area contributed by atoms with E-state index in [1.165, 1.54) is 37.8 Å². The minimum absolute atomic E-state index is 0.0559. The highest BCUT2D eigenvalue weighted by Crippen LogP contribution is 2.31. The molecule has 5 rings (SSSR count). The van der Waals surface area contributed by atoms with E-state index in [4.69, 9.17) is 9.72 Å². The molecule has 38 heavy (non-hydrogen) atoms. The lowest BCUT2D eigenvalue weighted by atomic mass is 10.1. The molecule has 0 aliphatic carbocycles. The van der Waals surface area contributed by atoms with Crippen LogP contribution in [0.2, 0.25) is 0 Å². The number of pyridine rings is 1. The Labute approximate surface area is 215 Å². The Morgan fingerprint density at radius 3 is 2.50 bits per heavy atom. The number of fused-ring (bicyclic) bond motifs is 1. The van der Waals surface area contributed by atoms with Gasteiger partial charge in [-0.05, 0) is 12.1 Å². The Hall–Kier alpha value is -3.68. The smallest absolute Gasteiger partial charge is 0.333 e. The summed E-state index contributed by atoms with van der Waals surface area (Å²) in [7, 11) is 1.47. The first-order chi connectivity index (χ1) is 18.3. The topological polar surface area (TPSA) is 92.4 Å². The van der Waals surface area contributed by atoms with Gasteiger partial charge < -0.3 is 14.7 Å². The van der Waals surface area contributed by atoms with Crippen LogP contribution >= 0.6 is 0 Å². The second kappa shape index (κ2) is 11.0. The Morgan fingerprint density at radius 1 is 1.03 bits per heavy atom. The molecule has 9 nitrogen and oxygen atoms in total. The number of aliphatic hydroxyl groups excluding tert-OH is 1. The quantitative estimate of drug-likeness (QED) is 0.345. The second-order valence-electron chi connectivity index (χ2n) is 8.95. The third kappa shape index (κ3) is 5.44. The van der Waals surface area contributed by atoms with E-state index < -0.39 is 24.3 Å². The van der Waals surface area contributed by atoms with Gasteiger partial charge in [-0.3, -0.25) is 9.88 Å². The summed E-state index contributed by atoms with van der Waals surface area (Å²) < 4.78 is 59.4. The molecule has 1 N–H and O–H groups in total. The van der Waals surface area contributed by atoms with Crippen molar-refractivity contribution >= 4 is 16.9 Å². The van der Waals surface area contributed by atoms with Crippen LogP contribution in [0, 0.1) is 11.6 Å². The molecule has 1 fully saturated rings. The van der Waals surface area contributed by atoms with Crippen molar-refractivity contribution in [3.05, 3.63) is 65.7 Å². The number of rotatable bonds is 8. The summed E-state index contributed by atoms with van der Waals surface area (Å²) in [4.78, 5) is 17.7. The maximum Gasteiger partial charge on any atom is 0.333 e. The SMILES string of the molecule is COCC(O)c1cc2nc(N3CCN(Cc4ccc(F)cc4F)CC3)c(-c3cnn(C(F)F)c3)nc2cn1. The molecule has 4 heterocycles. The zero-order valence-electron chi connectivity index (χ0n) is 20.4. The molecule has 1 aliphatic heterocycles. The van der Waals surface area contributed by atoms with Crippen LogP contribution in [0.1, 0.15) is 23.9 Å². The van der Waals surface area contributed by atoms with Crippen LogP contribution in [0.15, 0.2) is 42.9 Å². The van der Waals surface area contributed by atoms with Gasteiger partial charge in [0.2, 0.25) is 0 Å². The number of aliphatic hydroxyl groups is 1. The van der Waals surface area contributed by atoms with Crippen molar-refractivity contribution in [3.8, 4) is 11.3 Å². The summed E-state index contributed by atoms with van der Waals surface area (Å²) in [6.45, 7) is -0.306. The number of ether oxygens (including phenoxy) is 1. The van der Waals surface area contributed by atoms with Crippen molar-refractivity contribution in [2.45, 2.75) is 19.2 Å². The highest BCUT2D eigenvalue weighted by Gasteiger charge is 2.25. The number of aromatic nitrogens is 5. The van der Waals surface area contributed by atoms with E-state index >= 15 is 0 Å². The number of hydrogen-bond donors (Lipinski definition) is 1. The van der Waals surface area contributed by atoms with Crippen LogP contribution in [0.5, 0.6) is 0 Å². The van der Waals surface area contributed by atoms with E-state index in [9.17, 15) is 22.7 Å². The molecule has 0 saturated carbocycles. The van der Waals surface area contributed by atoms with Crippen molar-refractivity contribution in [1.82, 2.24) is 29.6 Å². The molecule has 1 atom stereocenters. The average molecular weight is 532 g/mol. The van der Waals surface area contributed by atoms with Gasteiger partial charge in [0.25, 0.3) is 0 Å². The summed E-state index contributed by atoms with van der Waals surface area (Å²) in [5, 5.41) is 14.0. The molecule has 1 aliphatic rings. The molecule has 200 valence electrons. The van der Waals surface area contributed by atoms with Gasteiger partial charge in [-0.2, -0.15) is 13.9 Å². The largest absolute Gasteiger partial charge is 0.384 e. The van der Waals surface area contributed by atoms with Crippen LogP contribution in [-0.2, 0) is 11.3 Å². The predicted octanol–water partition coefficient (Wildman–Crippen LogP) is 3.56. The van der Waals surface area contributed by atoms with Crippen molar-refractivity contribution in [3.63, 3.8) is 0 Å². The van der Waals surface area contributed by atoms with E-state index in [0.717, 1.165) is 6.07 Å². The fourth-order valence-electron chi connectivity index (χ4n) is 4.38. The van der Waals surface area contributed by atoms with E-state index in [1.807, 2.05) is 9.80 Å². The van der Waals surface area contributed by atoms with Crippen LogP contribution in [0.4, 0.5) is 23.4 Å². The van der Waals surface area contributed by atoms with Gasteiger partial charge >= 0.3 is 6.55 Å². The van der Waals surface area contributed by atoms with Crippen molar-refractivity contribution in [2.24, 2.45) is 0 Å². The van der Waals surface area contributed by atoms with E-state index in [0.29, 0.717) is 76.8 Å². The van der Waals surface area contributed by atoms with Gasteiger partial charge in [0.15, 0.2) is 5.82 Å². The lowest BCUT2D eigenvalue weighted by molar-refractivity contribution is 0.0566. The van der Waals surface area contributed by atoms with Crippen molar-refractivity contribution < 1.29 is 27.4 Å². The summed E-state index contributed by atoms with van der Waals surface area (Å²) in [6.07, 6.45) is 3.04.